The minimum Gasteiger partial charge on any atom is -0.323 e. The van der Waals surface area contributed by atoms with Crippen LogP contribution in [0.4, 0.5) is 0 Å². The number of pyridine rings is 1. The fourth-order valence-corrected chi connectivity index (χ4v) is 2.14. The Kier molecular flexibility index (Phi) is 4.23. The van der Waals surface area contributed by atoms with Crippen molar-refractivity contribution in [3.8, 4) is 0 Å². The van der Waals surface area contributed by atoms with E-state index in [1.807, 2.05) is 30.3 Å². The molecule has 18 heavy (non-hydrogen) atoms. The molecule has 2 unspecified atom stereocenters. The Bertz CT molecular complexity index is 529. The van der Waals surface area contributed by atoms with Gasteiger partial charge in [-0.3, -0.25) is 4.98 Å². The van der Waals surface area contributed by atoms with Gasteiger partial charge in [-0.15, -0.1) is 0 Å². The SMILES string of the molecule is CC(c1ccccn1)C(N)c1ccc(Cl)c(Cl)c1. The molecular weight excluding hydrogens is 267 g/mol. The van der Waals surface area contributed by atoms with E-state index in [0.717, 1.165) is 11.3 Å². The standard InChI is InChI=1S/C14H14Cl2N2/c1-9(13-4-2-3-7-18-13)14(17)10-5-6-11(15)12(16)8-10/h2-9,14H,17H2,1H3. The molecule has 0 fully saturated rings. The first-order valence-electron chi connectivity index (χ1n) is 5.71. The van der Waals surface area contributed by atoms with Crippen molar-refractivity contribution >= 4 is 23.2 Å². The first-order valence-corrected chi connectivity index (χ1v) is 6.46. The van der Waals surface area contributed by atoms with Gasteiger partial charge >= 0.3 is 0 Å². The first kappa shape index (κ1) is 13.3. The van der Waals surface area contributed by atoms with Crippen LogP contribution >= 0.6 is 23.2 Å². The molecule has 0 aliphatic carbocycles. The van der Waals surface area contributed by atoms with Gasteiger partial charge in [0.25, 0.3) is 0 Å². The zero-order chi connectivity index (χ0) is 13.1. The molecule has 94 valence electrons. The van der Waals surface area contributed by atoms with E-state index in [2.05, 4.69) is 11.9 Å². The van der Waals surface area contributed by atoms with Crippen molar-refractivity contribution < 1.29 is 0 Å². The van der Waals surface area contributed by atoms with Gasteiger partial charge in [0.1, 0.15) is 0 Å². The number of nitrogens with two attached hydrogens (primary N) is 1. The summed E-state index contributed by atoms with van der Waals surface area (Å²) in [5.41, 5.74) is 8.18. The van der Waals surface area contributed by atoms with Gasteiger partial charge in [0, 0.05) is 23.9 Å². The van der Waals surface area contributed by atoms with E-state index in [0.29, 0.717) is 10.0 Å². The molecule has 0 aliphatic heterocycles. The molecule has 2 nitrogen and oxygen atoms in total. The minimum absolute atomic E-state index is 0.114. The Hall–Kier alpha value is -1.09. The molecular formula is C14H14Cl2N2. The molecule has 0 bridgehead atoms. The van der Waals surface area contributed by atoms with Crippen LogP contribution in [-0.4, -0.2) is 4.98 Å². The second-order valence-corrected chi connectivity index (χ2v) is 5.06. The Morgan fingerprint density at radius 1 is 1.11 bits per heavy atom. The highest BCUT2D eigenvalue weighted by Crippen LogP contribution is 2.31. The Morgan fingerprint density at radius 2 is 1.89 bits per heavy atom. The van der Waals surface area contributed by atoms with E-state index < -0.39 is 0 Å². The van der Waals surface area contributed by atoms with Crippen LogP contribution in [0, 0.1) is 0 Å². The molecule has 0 saturated carbocycles. The second-order valence-electron chi connectivity index (χ2n) is 4.24. The lowest BCUT2D eigenvalue weighted by Gasteiger charge is -2.20. The molecule has 0 saturated heterocycles. The topological polar surface area (TPSA) is 38.9 Å². The van der Waals surface area contributed by atoms with Crippen molar-refractivity contribution in [3.05, 3.63) is 63.9 Å². The molecule has 2 rings (SSSR count). The van der Waals surface area contributed by atoms with E-state index in [4.69, 9.17) is 28.9 Å². The van der Waals surface area contributed by atoms with Crippen molar-refractivity contribution in [2.45, 2.75) is 18.9 Å². The van der Waals surface area contributed by atoms with Crippen molar-refractivity contribution in [2.75, 3.05) is 0 Å². The van der Waals surface area contributed by atoms with E-state index in [-0.39, 0.29) is 12.0 Å². The summed E-state index contributed by atoms with van der Waals surface area (Å²) in [5, 5.41) is 1.07. The van der Waals surface area contributed by atoms with Crippen molar-refractivity contribution in [3.63, 3.8) is 0 Å². The summed E-state index contributed by atoms with van der Waals surface area (Å²) in [7, 11) is 0. The van der Waals surface area contributed by atoms with Crippen LogP contribution in [0.3, 0.4) is 0 Å². The number of halogens is 2. The van der Waals surface area contributed by atoms with Gasteiger partial charge in [-0.25, -0.2) is 0 Å². The molecule has 0 radical (unpaired) electrons. The van der Waals surface area contributed by atoms with Gasteiger partial charge < -0.3 is 5.73 Å². The van der Waals surface area contributed by atoms with Crippen LogP contribution in [0.2, 0.25) is 10.0 Å². The lowest BCUT2D eigenvalue weighted by atomic mass is 9.92. The highest BCUT2D eigenvalue weighted by Gasteiger charge is 2.18. The molecule has 0 aliphatic rings. The summed E-state index contributed by atoms with van der Waals surface area (Å²) < 4.78 is 0. The monoisotopic (exact) mass is 280 g/mol. The zero-order valence-electron chi connectivity index (χ0n) is 9.98. The average molecular weight is 281 g/mol. The summed E-state index contributed by atoms with van der Waals surface area (Å²) in [4.78, 5) is 4.33. The Morgan fingerprint density at radius 3 is 2.50 bits per heavy atom. The van der Waals surface area contributed by atoms with Gasteiger partial charge in [-0.2, -0.15) is 0 Å². The molecule has 2 aromatic rings. The maximum Gasteiger partial charge on any atom is 0.0595 e. The number of hydrogen-bond acceptors (Lipinski definition) is 2. The molecule has 1 aromatic heterocycles. The van der Waals surface area contributed by atoms with Crippen LogP contribution in [0.5, 0.6) is 0 Å². The van der Waals surface area contributed by atoms with Crippen LogP contribution in [0.1, 0.15) is 30.1 Å². The van der Waals surface area contributed by atoms with Gasteiger partial charge in [0.05, 0.1) is 10.0 Å². The summed E-state index contributed by atoms with van der Waals surface area (Å²) in [6, 6.07) is 11.1. The fraction of sp³-hybridized carbons (Fsp3) is 0.214. The number of hydrogen-bond donors (Lipinski definition) is 1. The quantitative estimate of drug-likeness (QED) is 0.916. The van der Waals surface area contributed by atoms with Crippen molar-refractivity contribution in [2.24, 2.45) is 5.73 Å². The number of aromatic nitrogens is 1. The first-order chi connectivity index (χ1) is 8.59. The van der Waals surface area contributed by atoms with Gasteiger partial charge in [0.15, 0.2) is 0 Å². The van der Waals surface area contributed by atoms with Crippen LogP contribution in [0.15, 0.2) is 42.6 Å². The third-order valence-corrected chi connectivity index (χ3v) is 3.76. The molecule has 4 heteroatoms. The minimum atomic E-state index is -0.158. The molecule has 2 N–H and O–H groups in total. The predicted molar refractivity (Wildman–Crippen MR) is 76.0 cm³/mol. The van der Waals surface area contributed by atoms with Crippen LogP contribution in [0.25, 0.3) is 0 Å². The number of nitrogens with zero attached hydrogens (tertiary/aromatic N) is 1. The molecule has 0 amide bonds. The predicted octanol–water partition coefficient (Wildman–Crippen LogP) is 4.19. The Balaban J connectivity index is 2.25. The maximum absolute atomic E-state index is 6.25. The fourth-order valence-electron chi connectivity index (χ4n) is 1.84. The normalized spacial score (nSPS) is 14.2. The summed E-state index contributed by atoms with van der Waals surface area (Å²) >= 11 is 11.9. The van der Waals surface area contributed by atoms with Gasteiger partial charge in [-0.1, -0.05) is 42.3 Å². The molecule has 1 aromatic carbocycles. The summed E-state index contributed by atoms with van der Waals surface area (Å²) in [6.45, 7) is 2.05. The molecule has 0 spiro atoms. The van der Waals surface area contributed by atoms with Gasteiger partial charge in [-0.05, 0) is 29.8 Å². The highest BCUT2D eigenvalue weighted by molar-refractivity contribution is 6.42. The third-order valence-electron chi connectivity index (χ3n) is 3.02. The average Bonchev–Trinajstić information content (AvgIpc) is 2.41. The van der Waals surface area contributed by atoms with Gasteiger partial charge in [0.2, 0.25) is 0 Å². The van der Waals surface area contributed by atoms with Crippen LogP contribution in [-0.2, 0) is 0 Å². The highest BCUT2D eigenvalue weighted by atomic mass is 35.5. The third kappa shape index (κ3) is 2.83. The summed E-state index contributed by atoms with van der Waals surface area (Å²) in [5.74, 6) is 0.114. The molecule has 2 atom stereocenters. The second kappa shape index (κ2) is 5.70. The number of rotatable bonds is 3. The lowest BCUT2D eigenvalue weighted by Crippen LogP contribution is -2.18. The van der Waals surface area contributed by atoms with E-state index >= 15 is 0 Å². The lowest BCUT2D eigenvalue weighted by molar-refractivity contribution is 0.584. The largest absolute Gasteiger partial charge is 0.323 e. The van der Waals surface area contributed by atoms with E-state index in [1.54, 1.807) is 12.3 Å². The van der Waals surface area contributed by atoms with Crippen LogP contribution < -0.4 is 5.73 Å². The maximum atomic E-state index is 6.25. The zero-order valence-corrected chi connectivity index (χ0v) is 11.5. The van der Waals surface area contributed by atoms with Crippen molar-refractivity contribution in [1.29, 1.82) is 0 Å². The smallest absolute Gasteiger partial charge is 0.0595 e. The summed E-state index contributed by atoms with van der Waals surface area (Å²) in [6.07, 6.45) is 1.77. The molecule has 1 heterocycles. The number of benzene rings is 1. The Labute approximate surface area is 117 Å². The van der Waals surface area contributed by atoms with Crippen molar-refractivity contribution in [1.82, 2.24) is 4.98 Å². The van der Waals surface area contributed by atoms with E-state index in [9.17, 15) is 0 Å². The van der Waals surface area contributed by atoms with E-state index in [1.165, 1.54) is 0 Å².